The number of amides is 1. The molecule has 0 bridgehead atoms. The Kier molecular flexibility index (Phi) is 6.54. The maximum absolute atomic E-state index is 12.5. The van der Waals surface area contributed by atoms with Gasteiger partial charge in [-0.15, -0.1) is 0 Å². The molecule has 28 heavy (non-hydrogen) atoms. The molecule has 1 N–H and O–H groups in total. The minimum Gasteiger partial charge on any atom is -0.350 e. The van der Waals surface area contributed by atoms with Crippen molar-refractivity contribution >= 4 is 35.1 Å². The van der Waals surface area contributed by atoms with Crippen LogP contribution < -0.4 is 5.32 Å². The molecule has 0 unspecified atom stereocenters. The monoisotopic (exact) mass is 413 g/mol. The van der Waals surface area contributed by atoms with Gasteiger partial charge >= 0.3 is 0 Å². The van der Waals surface area contributed by atoms with Gasteiger partial charge in [-0.05, 0) is 36.8 Å². The van der Waals surface area contributed by atoms with Gasteiger partial charge in [0.25, 0.3) is 0 Å². The molecule has 2 aromatic carbocycles. The Morgan fingerprint density at radius 3 is 2.46 bits per heavy atom. The normalized spacial score (nSPS) is 11.8. The lowest BCUT2D eigenvalue weighted by Gasteiger charge is -2.13. The van der Waals surface area contributed by atoms with Crippen LogP contribution in [0.2, 0.25) is 5.02 Å². The summed E-state index contributed by atoms with van der Waals surface area (Å²) in [5, 5.41) is 4.24. The third kappa shape index (κ3) is 5.03. The van der Waals surface area contributed by atoms with Crippen molar-refractivity contribution in [3.05, 3.63) is 77.1 Å². The number of imidazole rings is 1. The standard InChI is InChI=1S/C21H20ClN3O2S/c1-14(24-15(2)26)16-3-5-17(6-4-16)20(27)13-28-21-23-11-12-25(21)19-9-7-18(22)8-10-19/h3-12,14H,13H2,1-2H3,(H,24,26)/t14-/m1/s1. The van der Waals surface area contributed by atoms with E-state index in [1.165, 1.54) is 18.7 Å². The van der Waals surface area contributed by atoms with Crippen LogP contribution in [0.25, 0.3) is 5.69 Å². The zero-order chi connectivity index (χ0) is 20.1. The fraction of sp³-hybridized carbons (Fsp3) is 0.190. The van der Waals surface area contributed by atoms with Gasteiger partial charge in [0.2, 0.25) is 5.91 Å². The first kappa shape index (κ1) is 20.2. The lowest BCUT2D eigenvalue weighted by molar-refractivity contribution is -0.119. The van der Waals surface area contributed by atoms with Crippen LogP contribution in [-0.4, -0.2) is 27.0 Å². The molecule has 1 heterocycles. The van der Waals surface area contributed by atoms with Crippen molar-refractivity contribution in [2.24, 2.45) is 0 Å². The van der Waals surface area contributed by atoms with Crippen LogP contribution in [0.15, 0.2) is 66.1 Å². The number of thioether (sulfide) groups is 1. The smallest absolute Gasteiger partial charge is 0.217 e. The molecule has 5 nitrogen and oxygen atoms in total. The number of nitrogens with one attached hydrogen (secondary N) is 1. The van der Waals surface area contributed by atoms with E-state index in [4.69, 9.17) is 11.6 Å². The van der Waals surface area contributed by atoms with E-state index >= 15 is 0 Å². The summed E-state index contributed by atoms with van der Waals surface area (Å²) in [6, 6.07) is 14.7. The number of hydrogen-bond acceptors (Lipinski definition) is 4. The Hall–Kier alpha value is -2.57. The number of Topliss-reactive ketones (excluding diaryl/α,β-unsaturated/α-hetero) is 1. The third-order valence-corrected chi connectivity index (χ3v) is 5.42. The minimum atomic E-state index is -0.0946. The highest BCUT2D eigenvalue weighted by atomic mass is 35.5. The van der Waals surface area contributed by atoms with E-state index in [9.17, 15) is 9.59 Å². The van der Waals surface area contributed by atoms with Crippen LogP contribution in [0.5, 0.6) is 0 Å². The predicted molar refractivity (Wildman–Crippen MR) is 112 cm³/mol. The number of rotatable bonds is 7. The fourth-order valence-electron chi connectivity index (χ4n) is 2.75. The number of ketones is 1. The molecule has 3 aromatic rings. The Balaban J connectivity index is 1.64. The molecule has 0 aliphatic heterocycles. The molecule has 0 saturated heterocycles. The molecule has 1 atom stereocenters. The van der Waals surface area contributed by atoms with Crippen molar-refractivity contribution in [3.8, 4) is 5.69 Å². The predicted octanol–water partition coefficient (Wildman–Crippen LogP) is 4.70. The second-order valence-electron chi connectivity index (χ2n) is 6.31. The summed E-state index contributed by atoms with van der Waals surface area (Å²) in [5.74, 6) is 0.222. The molecule has 0 aliphatic carbocycles. The molecule has 0 radical (unpaired) electrons. The van der Waals surface area contributed by atoms with Gasteiger partial charge in [0, 0.05) is 35.6 Å². The van der Waals surface area contributed by atoms with E-state index in [1.54, 1.807) is 18.3 Å². The Labute approximate surface area is 173 Å². The van der Waals surface area contributed by atoms with Gasteiger partial charge in [0.15, 0.2) is 10.9 Å². The van der Waals surface area contributed by atoms with E-state index in [-0.39, 0.29) is 23.5 Å². The van der Waals surface area contributed by atoms with Gasteiger partial charge in [-0.25, -0.2) is 4.98 Å². The summed E-state index contributed by atoms with van der Waals surface area (Å²) < 4.78 is 1.92. The summed E-state index contributed by atoms with van der Waals surface area (Å²) in [5.41, 5.74) is 2.53. The first-order chi connectivity index (χ1) is 13.4. The zero-order valence-corrected chi connectivity index (χ0v) is 17.1. The molecule has 7 heteroatoms. The molecule has 1 amide bonds. The van der Waals surface area contributed by atoms with Gasteiger partial charge in [-0.1, -0.05) is 47.6 Å². The number of halogens is 1. The summed E-state index contributed by atoms with van der Waals surface area (Å²) in [4.78, 5) is 28.1. The number of aromatic nitrogens is 2. The van der Waals surface area contributed by atoms with Crippen molar-refractivity contribution in [1.29, 1.82) is 0 Å². The average molecular weight is 414 g/mol. The second-order valence-corrected chi connectivity index (χ2v) is 7.69. The number of carbonyl (C=O) groups excluding carboxylic acids is 2. The molecule has 0 saturated carbocycles. The number of benzene rings is 2. The lowest BCUT2D eigenvalue weighted by atomic mass is 10.0. The lowest BCUT2D eigenvalue weighted by Crippen LogP contribution is -2.23. The number of carbonyl (C=O) groups is 2. The van der Waals surface area contributed by atoms with E-state index in [1.807, 2.05) is 54.1 Å². The molecular formula is C21H20ClN3O2S. The molecule has 0 aliphatic rings. The molecular weight excluding hydrogens is 394 g/mol. The number of nitrogens with zero attached hydrogens (tertiary/aromatic N) is 2. The molecule has 144 valence electrons. The van der Waals surface area contributed by atoms with E-state index in [0.717, 1.165) is 16.4 Å². The topological polar surface area (TPSA) is 64.0 Å². The van der Waals surface area contributed by atoms with Crippen LogP contribution in [0.1, 0.15) is 35.8 Å². The molecule has 0 fully saturated rings. The highest BCUT2D eigenvalue weighted by Gasteiger charge is 2.12. The summed E-state index contributed by atoms with van der Waals surface area (Å²) in [7, 11) is 0. The van der Waals surface area contributed by atoms with E-state index in [2.05, 4.69) is 10.3 Å². The average Bonchev–Trinajstić information content (AvgIpc) is 3.15. The quantitative estimate of drug-likeness (QED) is 0.450. The first-order valence-electron chi connectivity index (χ1n) is 8.76. The summed E-state index contributed by atoms with van der Waals surface area (Å²) >= 11 is 7.33. The van der Waals surface area contributed by atoms with Crippen molar-refractivity contribution in [2.75, 3.05) is 5.75 Å². The second kappa shape index (κ2) is 9.08. The van der Waals surface area contributed by atoms with Gasteiger partial charge in [-0.3, -0.25) is 14.2 Å². The van der Waals surface area contributed by atoms with Crippen LogP contribution in [0.4, 0.5) is 0 Å². The van der Waals surface area contributed by atoms with Gasteiger partial charge in [0.05, 0.1) is 11.8 Å². The Morgan fingerprint density at radius 2 is 1.82 bits per heavy atom. The SMILES string of the molecule is CC(=O)N[C@H](C)c1ccc(C(=O)CSc2nccn2-c2ccc(Cl)cc2)cc1. The summed E-state index contributed by atoms with van der Waals surface area (Å²) in [6.45, 7) is 3.39. The van der Waals surface area contributed by atoms with Crippen molar-refractivity contribution in [3.63, 3.8) is 0 Å². The van der Waals surface area contributed by atoms with Crippen molar-refractivity contribution in [2.45, 2.75) is 25.0 Å². The summed E-state index contributed by atoms with van der Waals surface area (Å²) in [6.07, 6.45) is 3.56. The third-order valence-electron chi connectivity index (χ3n) is 4.20. The van der Waals surface area contributed by atoms with Crippen LogP contribution >= 0.6 is 23.4 Å². The first-order valence-corrected chi connectivity index (χ1v) is 10.1. The highest BCUT2D eigenvalue weighted by Crippen LogP contribution is 2.23. The molecule has 1 aromatic heterocycles. The number of hydrogen-bond donors (Lipinski definition) is 1. The maximum Gasteiger partial charge on any atom is 0.217 e. The maximum atomic E-state index is 12.5. The zero-order valence-electron chi connectivity index (χ0n) is 15.6. The minimum absolute atomic E-state index is 0.0226. The van der Waals surface area contributed by atoms with E-state index in [0.29, 0.717) is 10.6 Å². The van der Waals surface area contributed by atoms with Crippen molar-refractivity contribution < 1.29 is 9.59 Å². The van der Waals surface area contributed by atoms with Gasteiger partial charge in [0.1, 0.15) is 0 Å². The molecule has 0 spiro atoms. The van der Waals surface area contributed by atoms with Crippen LogP contribution in [-0.2, 0) is 4.79 Å². The highest BCUT2D eigenvalue weighted by molar-refractivity contribution is 7.99. The fourth-order valence-corrected chi connectivity index (χ4v) is 3.75. The van der Waals surface area contributed by atoms with Crippen molar-refractivity contribution in [1.82, 2.24) is 14.9 Å². The van der Waals surface area contributed by atoms with Crippen LogP contribution in [0, 0.1) is 0 Å². The largest absolute Gasteiger partial charge is 0.350 e. The van der Waals surface area contributed by atoms with E-state index < -0.39 is 0 Å². The Morgan fingerprint density at radius 1 is 1.14 bits per heavy atom. The Bertz CT molecular complexity index is 968. The van der Waals surface area contributed by atoms with Crippen LogP contribution in [0.3, 0.4) is 0 Å². The van der Waals surface area contributed by atoms with Gasteiger partial charge in [-0.2, -0.15) is 0 Å². The van der Waals surface area contributed by atoms with Gasteiger partial charge < -0.3 is 5.32 Å². The molecule has 3 rings (SSSR count).